The van der Waals surface area contributed by atoms with E-state index >= 15 is 0 Å². The van der Waals surface area contributed by atoms with Crippen LogP contribution in [0.5, 0.6) is 11.5 Å². The molecule has 0 saturated carbocycles. The lowest BCUT2D eigenvalue weighted by Gasteiger charge is -2.12. The second-order valence-electron chi connectivity index (χ2n) is 6.82. The molecule has 0 aromatic heterocycles. The average Bonchev–Trinajstić information content (AvgIpc) is 3.16. The van der Waals surface area contributed by atoms with Gasteiger partial charge in [0.05, 0.1) is 27.8 Å². The number of esters is 2. The van der Waals surface area contributed by atoms with E-state index in [9.17, 15) is 9.59 Å². The predicted octanol–water partition coefficient (Wildman–Crippen LogP) is 5.96. The van der Waals surface area contributed by atoms with Gasteiger partial charge >= 0.3 is 11.9 Å². The van der Waals surface area contributed by atoms with Crippen LogP contribution in [0.15, 0.2) is 77.4 Å². The summed E-state index contributed by atoms with van der Waals surface area (Å²) in [6.45, 7) is 2.15. The molecule has 1 aliphatic heterocycles. The van der Waals surface area contributed by atoms with Crippen molar-refractivity contribution in [2.24, 2.45) is 4.99 Å². The Hall–Kier alpha value is -3.61. The molecule has 3 aromatic rings. The summed E-state index contributed by atoms with van der Waals surface area (Å²) in [4.78, 5) is 29.1. The van der Waals surface area contributed by atoms with Crippen LogP contribution in [0.4, 0.5) is 0 Å². The largest absolute Gasteiger partial charge is 0.490 e. The molecule has 0 spiro atoms. The number of carbonyl (C=O) groups is 2. The highest BCUT2D eigenvalue weighted by atomic mass is 35.5. The minimum Gasteiger partial charge on any atom is -0.490 e. The topological polar surface area (TPSA) is 74.2 Å². The Labute approximate surface area is 200 Å². The molecule has 0 atom stereocenters. The third-order valence-corrected chi connectivity index (χ3v) is 5.25. The van der Waals surface area contributed by atoms with Crippen LogP contribution in [0, 0.1) is 0 Å². The highest BCUT2D eigenvalue weighted by Gasteiger charge is 2.25. The fraction of sp³-hybridized carbons (Fsp3) is 0.0800. The summed E-state index contributed by atoms with van der Waals surface area (Å²) in [6, 6.07) is 18.4. The van der Waals surface area contributed by atoms with Crippen LogP contribution in [0.25, 0.3) is 6.08 Å². The quantitative estimate of drug-likeness (QED) is 0.246. The standard InChI is InChI=1S/C25H17Cl2NO5/c1-2-31-22-14-15(11-12-21(22)32-24(29)17-8-4-6-10-19(17)27)13-20-25(30)33-23(28-20)16-7-3-5-9-18(16)26/h3-14H,2H2,1H3/b20-13+. The number of halogens is 2. The van der Waals surface area contributed by atoms with E-state index in [0.29, 0.717) is 28.5 Å². The first kappa shape index (κ1) is 22.6. The minimum absolute atomic E-state index is 0.105. The molecule has 3 aromatic carbocycles. The number of nitrogens with zero attached hydrogens (tertiary/aromatic N) is 1. The molecule has 1 heterocycles. The van der Waals surface area contributed by atoms with E-state index in [-0.39, 0.29) is 27.9 Å². The van der Waals surface area contributed by atoms with Crippen molar-refractivity contribution in [3.8, 4) is 11.5 Å². The van der Waals surface area contributed by atoms with Gasteiger partial charge in [-0.15, -0.1) is 0 Å². The summed E-state index contributed by atoms with van der Waals surface area (Å²) < 4.78 is 16.4. The van der Waals surface area contributed by atoms with Gasteiger partial charge < -0.3 is 14.2 Å². The van der Waals surface area contributed by atoms with E-state index in [0.717, 1.165) is 0 Å². The molecule has 0 fully saturated rings. The van der Waals surface area contributed by atoms with E-state index in [1.165, 1.54) is 0 Å². The van der Waals surface area contributed by atoms with Gasteiger partial charge in [-0.2, -0.15) is 0 Å². The van der Waals surface area contributed by atoms with Gasteiger partial charge in [-0.3, -0.25) is 0 Å². The molecule has 0 radical (unpaired) electrons. The van der Waals surface area contributed by atoms with Gasteiger partial charge in [0.2, 0.25) is 5.90 Å². The maximum absolute atomic E-state index is 12.5. The first-order valence-electron chi connectivity index (χ1n) is 9.97. The summed E-state index contributed by atoms with van der Waals surface area (Å²) in [5.41, 5.74) is 1.47. The normalized spacial score (nSPS) is 14.1. The van der Waals surface area contributed by atoms with E-state index < -0.39 is 11.9 Å². The zero-order valence-electron chi connectivity index (χ0n) is 17.4. The highest BCUT2D eigenvalue weighted by molar-refractivity contribution is 6.34. The SMILES string of the molecule is CCOc1cc(/C=C2/N=C(c3ccccc3Cl)OC2=O)ccc1OC(=O)c1ccccc1Cl. The van der Waals surface area contributed by atoms with E-state index in [2.05, 4.69) is 4.99 Å². The third-order valence-electron chi connectivity index (χ3n) is 4.59. The highest BCUT2D eigenvalue weighted by Crippen LogP contribution is 2.32. The van der Waals surface area contributed by atoms with Gasteiger partial charge in [-0.1, -0.05) is 53.5 Å². The summed E-state index contributed by atoms with van der Waals surface area (Å²) in [5.74, 6) is -0.530. The summed E-state index contributed by atoms with van der Waals surface area (Å²) in [5, 5.41) is 0.711. The van der Waals surface area contributed by atoms with Crippen LogP contribution in [0.2, 0.25) is 10.0 Å². The van der Waals surface area contributed by atoms with Crippen molar-refractivity contribution >= 4 is 47.1 Å². The molecule has 1 aliphatic rings. The van der Waals surface area contributed by atoms with Gasteiger partial charge in [-0.05, 0) is 55.0 Å². The first-order valence-corrected chi connectivity index (χ1v) is 10.7. The monoisotopic (exact) mass is 481 g/mol. The lowest BCUT2D eigenvalue weighted by atomic mass is 10.1. The number of rotatable bonds is 6. The van der Waals surface area contributed by atoms with Gasteiger partial charge in [0.25, 0.3) is 0 Å². The second-order valence-corrected chi connectivity index (χ2v) is 7.64. The molecule has 8 heteroatoms. The average molecular weight is 482 g/mol. The molecule has 0 bridgehead atoms. The van der Waals surface area contributed by atoms with Crippen LogP contribution in [-0.2, 0) is 9.53 Å². The van der Waals surface area contributed by atoms with Crippen LogP contribution in [-0.4, -0.2) is 24.4 Å². The first-order chi connectivity index (χ1) is 16.0. The molecule has 33 heavy (non-hydrogen) atoms. The maximum Gasteiger partial charge on any atom is 0.363 e. The van der Waals surface area contributed by atoms with Crippen LogP contribution in [0.3, 0.4) is 0 Å². The van der Waals surface area contributed by atoms with Gasteiger partial charge in [-0.25, -0.2) is 14.6 Å². The number of carbonyl (C=O) groups excluding carboxylic acids is 2. The molecule has 6 nitrogen and oxygen atoms in total. The summed E-state index contributed by atoms with van der Waals surface area (Å²) in [6.07, 6.45) is 1.55. The molecule has 0 N–H and O–H groups in total. The molecule has 0 amide bonds. The lowest BCUT2D eigenvalue weighted by Crippen LogP contribution is -2.10. The number of cyclic esters (lactones) is 1. The molecule has 0 aliphatic carbocycles. The fourth-order valence-corrected chi connectivity index (χ4v) is 3.49. The number of benzene rings is 3. The van der Waals surface area contributed by atoms with E-state index in [4.69, 9.17) is 37.4 Å². The molecule has 0 unspecified atom stereocenters. The third kappa shape index (κ3) is 5.08. The Balaban J connectivity index is 1.62. The van der Waals surface area contributed by atoms with Crippen molar-refractivity contribution in [2.45, 2.75) is 6.92 Å². The molecular weight excluding hydrogens is 465 g/mol. The lowest BCUT2D eigenvalue weighted by molar-refractivity contribution is -0.129. The Morgan fingerprint density at radius 2 is 1.73 bits per heavy atom. The van der Waals surface area contributed by atoms with Gasteiger partial charge in [0, 0.05) is 0 Å². The fourth-order valence-electron chi connectivity index (χ4n) is 3.07. The smallest absolute Gasteiger partial charge is 0.363 e. The van der Waals surface area contributed by atoms with Gasteiger partial charge in [0.1, 0.15) is 0 Å². The van der Waals surface area contributed by atoms with Crippen molar-refractivity contribution in [1.29, 1.82) is 0 Å². The number of hydrogen-bond donors (Lipinski definition) is 0. The zero-order chi connectivity index (χ0) is 23.4. The minimum atomic E-state index is -0.610. The van der Waals surface area contributed by atoms with E-state index in [1.54, 1.807) is 79.7 Å². The summed E-state index contributed by atoms with van der Waals surface area (Å²) >= 11 is 12.3. The van der Waals surface area contributed by atoms with Crippen molar-refractivity contribution in [1.82, 2.24) is 0 Å². The Kier molecular flexibility index (Phi) is 6.77. The summed E-state index contributed by atoms with van der Waals surface area (Å²) in [7, 11) is 0. The molecule has 4 rings (SSSR count). The van der Waals surface area contributed by atoms with Crippen molar-refractivity contribution in [3.63, 3.8) is 0 Å². The number of hydrogen-bond acceptors (Lipinski definition) is 6. The van der Waals surface area contributed by atoms with Crippen molar-refractivity contribution in [2.75, 3.05) is 6.61 Å². The van der Waals surface area contributed by atoms with Crippen LogP contribution >= 0.6 is 23.2 Å². The maximum atomic E-state index is 12.5. The van der Waals surface area contributed by atoms with Crippen molar-refractivity contribution < 1.29 is 23.8 Å². The van der Waals surface area contributed by atoms with Crippen molar-refractivity contribution in [3.05, 3.63) is 99.2 Å². The van der Waals surface area contributed by atoms with Gasteiger partial charge in [0.15, 0.2) is 17.2 Å². The Morgan fingerprint density at radius 1 is 1.00 bits per heavy atom. The van der Waals surface area contributed by atoms with E-state index in [1.807, 2.05) is 0 Å². The molecule has 166 valence electrons. The van der Waals surface area contributed by atoms with Crippen LogP contribution in [0.1, 0.15) is 28.4 Å². The van der Waals surface area contributed by atoms with Crippen LogP contribution < -0.4 is 9.47 Å². The second kappa shape index (κ2) is 9.90. The molecule has 0 saturated heterocycles. The number of ether oxygens (including phenoxy) is 3. The number of aliphatic imine (C=N–C) groups is 1. The predicted molar refractivity (Wildman–Crippen MR) is 126 cm³/mol. The Morgan fingerprint density at radius 3 is 2.45 bits per heavy atom. The molecular formula is C25H17Cl2NO5. The Bertz CT molecular complexity index is 1300. The zero-order valence-corrected chi connectivity index (χ0v) is 18.9.